The van der Waals surface area contributed by atoms with Gasteiger partial charge in [-0.25, -0.2) is 4.98 Å². The molecule has 0 saturated heterocycles. The Morgan fingerprint density at radius 3 is 2.58 bits per heavy atom. The van der Waals surface area contributed by atoms with Crippen LogP contribution in [0.2, 0.25) is 0 Å². The first-order chi connectivity index (χ1) is 16.0. The summed E-state index contributed by atoms with van der Waals surface area (Å²) in [6.45, 7) is 1.88. The van der Waals surface area contributed by atoms with Crippen LogP contribution in [0.1, 0.15) is 22.3 Å². The lowest BCUT2D eigenvalue weighted by Gasteiger charge is -2.18. The lowest BCUT2D eigenvalue weighted by molar-refractivity contribution is -0.118. The van der Waals surface area contributed by atoms with Crippen LogP contribution >= 0.6 is 23.1 Å². The SMILES string of the molecule is CSCCC(NC(=O)c1ccccc1C)C(=O)Nc1nc(-c2ccc3ccccc3c2)cs1. The zero-order valence-electron chi connectivity index (χ0n) is 18.5. The third kappa shape index (κ3) is 5.61. The lowest BCUT2D eigenvalue weighted by Crippen LogP contribution is -2.44. The van der Waals surface area contributed by atoms with Crippen LogP contribution in [0.4, 0.5) is 5.13 Å². The number of amides is 2. The molecular formula is C26H25N3O2S2. The largest absolute Gasteiger partial charge is 0.340 e. The number of fused-ring (bicyclic) bond motifs is 1. The van der Waals surface area contributed by atoms with E-state index in [1.807, 2.05) is 55.0 Å². The third-order valence-corrected chi connectivity index (χ3v) is 6.80. The zero-order valence-corrected chi connectivity index (χ0v) is 20.1. The standard InChI is InChI=1S/C26H25N3O2S2/c1-17-7-3-6-10-21(17)24(30)27-22(13-14-32-2)25(31)29-26-28-23(16-33-26)20-12-11-18-8-4-5-9-19(18)15-20/h3-12,15-16,22H,13-14H2,1-2H3,(H,27,30)(H,28,29,31). The van der Waals surface area contributed by atoms with Gasteiger partial charge in [0.05, 0.1) is 5.69 Å². The molecule has 0 saturated carbocycles. The number of hydrogen-bond acceptors (Lipinski definition) is 5. The summed E-state index contributed by atoms with van der Waals surface area (Å²) in [5.41, 5.74) is 3.26. The van der Waals surface area contributed by atoms with Crippen molar-refractivity contribution in [3.8, 4) is 11.3 Å². The van der Waals surface area contributed by atoms with Gasteiger partial charge in [0, 0.05) is 16.5 Å². The summed E-state index contributed by atoms with van der Waals surface area (Å²) in [6, 6.07) is 21.1. The maximum Gasteiger partial charge on any atom is 0.252 e. The summed E-state index contributed by atoms with van der Waals surface area (Å²) in [5.74, 6) is 0.252. The van der Waals surface area contributed by atoms with Crippen LogP contribution in [0, 0.1) is 6.92 Å². The molecule has 0 aliphatic heterocycles. The average Bonchev–Trinajstić information content (AvgIpc) is 3.30. The van der Waals surface area contributed by atoms with E-state index in [2.05, 4.69) is 39.9 Å². The second-order valence-electron chi connectivity index (χ2n) is 7.71. The first-order valence-corrected chi connectivity index (χ1v) is 12.9. The van der Waals surface area contributed by atoms with Gasteiger partial charge < -0.3 is 10.6 Å². The number of rotatable bonds is 8. The molecule has 0 aliphatic rings. The molecule has 2 N–H and O–H groups in total. The molecule has 33 heavy (non-hydrogen) atoms. The summed E-state index contributed by atoms with van der Waals surface area (Å²) in [6.07, 6.45) is 2.52. The maximum atomic E-state index is 13.0. The summed E-state index contributed by atoms with van der Waals surface area (Å²) < 4.78 is 0. The second kappa shape index (κ2) is 10.6. The highest BCUT2D eigenvalue weighted by atomic mass is 32.2. The van der Waals surface area contributed by atoms with Crippen molar-refractivity contribution < 1.29 is 9.59 Å². The Labute approximate surface area is 201 Å². The second-order valence-corrected chi connectivity index (χ2v) is 9.56. The number of carbonyl (C=O) groups excluding carboxylic acids is 2. The first kappa shape index (κ1) is 23.0. The minimum atomic E-state index is -0.641. The van der Waals surface area contributed by atoms with Crippen molar-refractivity contribution in [2.24, 2.45) is 0 Å². The van der Waals surface area contributed by atoms with Crippen LogP contribution in [-0.2, 0) is 4.79 Å². The van der Waals surface area contributed by atoms with Crippen LogP contribution in [-0.4, -0.2) is 34.8 Å². The number of aryl methyl sites for hydroxylation is 1. The molecule has 0 radical (unpaired) electrons. The third-order valence-electron chi connectivity index (χ3n) is 5.40. The number of aromatic nitrogens is 1. The van der Waals surface area contributed by atoms with Crippen molar-refractivity contribution >= 4 is 50.8 Å². The normalized spacial score (nSPS) is 11.8. The van der Waals surface area contributed by atoms with Gasteiger partial charge in [0.1, 0.15) is 6.04 Å². The van der Waals surface area contributed by atoms with Crippen molar-refractivity contribution in [2.45, 2.75) is 19.4 Å². The van der Waals surface area contributed by atoms with Crippen molar-refractivity contribution in [2.75, 3.05) is 17.3 Å². The zero-order chi connectivity index (χ0) is 23.2. The molecule has 168 valence electrons. The Hall–Kier alpha value is -3.16. The van der Waals surface area contributed by atoms with Crippen molar-refractivity contribution in [1.82, 2.24) is 10.3 Å². The average molecular weight is 476 g/mol. The Morgan fingerprint density at radius 1 is 1.03 bits per heavy atom. The Kier molecular flexibility index (Phi) is 7.42. The smallest absolute Gasteiger partial charge is 0.252 e. The fraction of sp³-hybridized carbons (Fsp3) is 0.192. The number of anilines is 1. The Morgan fingerprint density at radius 2 is 1.79 bits per heavy atom. The number of benzene rings is 3. The van der Waals surface area contributed by atoms with E-state index in [-0.39, 0.29) is 11.8 Å². The van der Waals surface area contributed by atoms with Crippen molar-refractivity contribution in [3.05, 3.63) is 83.2 Å². The Balaban J connectivity index is 1.48. The molecule has 7 heteroatoms. The van der Waals surface area contributed by atoms with Crippen LogP contribution in [0.3, 0.4) is 0 Å². The fourth-order valence-corrected chi connectivity index (χ4v) is 4.77. The molecule has 5 nitrogen and oxygen atoms in total. The molecule has 0 spiro atoms. The molecule has 1 aromatic heterocycles. The summed E-state index contributed by atoms with van der Waals surface area (Å²) in [7, 11) is 0. The van der Waals surface area contributed by atoms with Gasteiger partial charge in [-0.2, -0.15) is 11.8 Å². The van der Waals surface area contributed by atoms with E-state index < -0.39 is 6.04 Å². The minimum absolute atomic E-state index is 0.245. The molecule has 0 aliphatic carbocycles. The molecule has 0 fully saturated rings. The van der Waals surface area contributed by atoms with E-state index in [0.717, 1.165) is 28.0 Å². The van der Waals surface area contributed by atoms with Crippen LogP contribution in [0.25, 0.3) is 22.0 Å². The van der Waals surface area contributed by atoms with E-state index >= 15 is 0 Å². The molecular weight excluding hydrogens is 450 g/mol. The van der Waals surface area contributed by atoms with Crippen LogP contribution in [0.5, 0.6) is 0 Å². The van der Waals surface area contributed by atoms with Crippen molar-refractivity contribution in [3.63, 3.8) is 0 Å². The van der Waals surface area contributed by atoms with E-state index in [1.165, 1.54) is 16.7 Å². The number of hydrogen-bond donors (Lipinski definition) is 2. The number of nitrogens with zero attached hydrogens (tertiary/aromatic N) is 1. The molecule has 3 aromatic carbocycles. The highest BCUT2D eigenvalue weighted by molar-refractivity contribution is 7.98. The van der Waals surface area contributed by atoms with E-state index in [0.29, 0.717) is 17.1 Å². The van der Waals surface area contributed by atoms with Crippen molar-refractivity contribution in [1.29, 1.82) is 0 Å². The van der Waals surface area contributed by atoms with Crippen LogP contribution in [0.15, 0.2) is 72.1 Å². The number of thiazole rings is 1. The van der Waals surface area contributed by atoms with Gasteiger partial charge in [0.2, 0.25) is 5.91 Å². The predicted octanol–water partition coefficient (Wildman–Crippen LogP) is 5.76. The number of thioether (sulfide) groups is 1. The summed E-state index contributed by atoms with van der Waals surface area (Å²) in [4.78, 5) is 30.4. The van der Waals surface area contributed by atoms with Gasteiger partial charge in [0.25, 0.3) is 5.91 Å². The van der Waals surface area contributed by atoms with Gasteiger partial charge in [-0.05, 0) is 53.8 Å². The molecule has 4 aromatic rings. The molecule has 2 amide bonds. The summed E-state index contributed by atoms with van der Waals surface area (Å²) in [5, 5.41) is 10.6. The van der Waals surface area contributed by atoms with Gasteiger partial charge in [-0.1, -0.05) is 54.6 Å². The molecule has 1 atom stereocenters. The van der Waals surface area contributed by atoms with E-state index in [1.54, 1.807) is 17.8 Å². The van der Waals surface area contributed by atoms with Gasteiger partial charge in [-0.3, -0.25) is 9.59 Å². The fourth-order valence-electron chi connectivity index (χ4n) is 3.57. The topological polar surface area (TPSA) is 71.1 Å². The molecule has 1 heterocycles. The highest BCUT2D eigenvalue weighted by Crippen LogP contribution is 2.28. The highest BCUT2D eigenvalue weighted by Gasteiger charge is 2.23. The van der Waals surface area contributed by atoms with Gasteiger partial charge in [0.15, 0.2) is 5.13 Å². The van der Waals surface area contributed by atoms with E-state index in [4.69, 9.17) is 0 Å². The number of carbonyl (C=O) groups is 2. The molecule has 4 rings (SSSR count). The monoisotopic (exact) mass is 475 g/mol. The van der Waals surface area contributed by atoms with Gasteiger partial charge >= 0.3 is 0 Å². The predicted molar refractivity (Wildman–Crippen MR) is 139 cm³/mol. The Bertz CT molecular complexity index is 1290. The molecule has 0 bridgehead atoms. The quantitative estimate of drug-likeness (QED) is 0.340. The van der Waals surface area contributed by atoms with E-state index in [9.17, 15) is 9.59 Å². The lowest BCUT2D eigenvalue weighted by atomic mass is 10.1. The molecule has 1 unspecified atom stereocenters. The van der Waals surface area contributed by atoms with Crippen LogP contribution < -0.4 is 10.6 Å². The first-order valence-electron chi connectivity index (χ1n) is 10.7. The minimum Gasteiger partial charge on any atom is -0.340 e. The maximum absolute atomic E-state index is 13.0. The number of nitrogens with one attached hydrogen (secondary N) is 2. The summed E-state index contributed by atoms with van der Waals surface area (Å²) >= 11 is 3.01. The van der Waals surface area contributed by atoms with Gasteiger partial charge in [-0.15, -0.1) is 11.3 Å².